The summed E-state index contributed by atoms with van der Waals surface area (Å²) < 4.78 is 3.03. The lowest BCUT2D eigenvalue weighted by molar-refractivity contribution is -0.134. The standard InChI is InChI=1S/C16H22N4O2/c1-11-7-12(2)9-18(8-11)15(21)10-20-16(22)14-5-4-6-19(14)13(3)17-20/h4-6,11-12H,7-10H2,1-3H3/t11-,12-/m0/s1. The van der Waals surface area contributed by atoms with E-state index in [0.717, 1.165) is 19.5 Å². The molecule has 0 bridgehead atoms. The lowest BCUT2D eigenvalue weighted by atomic mass is 9.92. The first-order chi connectivity index (χ1) is 10.5. The summed E-state index contributed by atoms with van der Waals surface area (Å²) in [7, 11) is 0. The summed E-state index contributed by atoms with van der Waals surface area (Å²) in [6, 6.07) is 3.56. The number of aromatic nitrogens is 3. The van der Waals surface area contributed by atoms with Crippen LogP contribution in [0.25, 0.3) is 5.52 Å². The second-order valence-electron chi connectivity index (χ2n) is 6.52. The normalized spacial score (nSPS) is 22.2. The molecule has 2 aromatic rings. The lowest BCUT2D eigenvalue weighted by Crippen LogP contribution is -2.45. The second-order valence-corrected chi connectivity index (χ2v) is 6.52. The smallest absolute Gasteiger partial charge is 0.291 e. The number of likely N-dealkylation sites (tertiary alicyclic amines) is 1. The van der Waals surface area contributed by atoms with Gasteiger partial charge in [0.05, 0.1) is 0 Å². The maximum Gasteiger partial charge on any atom is 0.291 e. The summed E-state index contributed by atoms with van der Waals surface area (Å²) in [6.45, 7) is 7.71. The average molecular weight is 302 g/mol. The number of piperidine rings is 1. The number of rotatable bonds is 2. The molecule has 1 aliphatic heterocycles. The summed E-state index contributed by atoms with van der Waals surface area (Å²) in [6.07, 6.45) is 2.95. The molecule has 0 saturated carbocycles. The first-order valence-corrected chi connectivity index (χ1v) is 7.78. The molecule has 0 unspecified atom stereocenters. The minimum atomic E-state index is -0.220. The lowest BCUT2D eigenvalue weighted by Gasteiger charge is -2.35. The minimum Gasteiger partial charge on any atom is -0.341 e. The molecule has 0 radical (unpaired) electrons. The molecule has 6 heteroatoms. The Hall–Kier alpha value is -2.11. The highest BCUT2D eigenvalue weighted by Gasteiger charge is 2.26. The number of carbonyl (C=O) groups is 1. The van der Waals surface area contributed by atoms with Crippen LogP contribution in [0.3, 0.4) is 0 Å². The van der Waals surface area contributed by atoms with Crippen LogP contribution >= 0.6 is 0 Å². The Kier molecular flexibility index (Phi) is 3.76. The summed E-state index contributed by atoms with van der Waals surface area (Å²) in [5.74, 6) is 1.69. The second kappa shape index (κ2) is 5.59. The van der Waals surface area contributed by atoms with E-state index in [1.54, 1.807) is 16.7 Å². The van der Waals surface area contributed by atoms with Crippen molar-refractivity contribution >= 4 is 11.4 Å². The van der Waals surface area contributed by atoms with E-state index in [1.165, 1.54) is 4.68 Å². The van der Waals surface area contributed by atoms with Crippen molar-refractivity contribution in [2.75, 3.05) is 13.1 Å². The summed E-state index contributed by atoms with van der Waals surface area (Å²) >= 11 is 0. The molecule has 2 aromatic heterocycles. The Labute approximate surface area is 129 Å². The number of hydrogen-bond donors (Lipinski definition) is 0. The predicted molar refractivity (Wildman–Crippen MR) is 83.7 cm³/mol. The third-order valence-corrected chi connectivity index (χ3v) is 4.32. The Morgan fingerprint density at radius 2 is 2.00 bits per heavy atom. The molecule has 0 N–H and O–H groups in total. The van der Waals surface area contributed by atoms with E-state index in [4.69, 9.17) is 0 Å². The fraction of sp³-hybridized carbons (Fsp3) is 0.562. The third kappa shape index (κ3) is 2.65. The van der Waals surface area contributed by atoms with Crippen LogP contribution in [-0.4, -0.2) is 38.1 Å². The van der Waals surface area contributed by atoms with Crippen molar-refractivity contribution in [2.45, 2.75) is 33.7 Å². The summed E-state index contributed by atoms with van der Waals surface area (Å²) in [4.78, 5) is 26.8. The van der Waals surface area contributed by atoms with Crippen LogP contribution in [0.15, 0.2) is 23.1 Å². The van der Waals surface area contributed by atoms with Crippen molar-refractivity contribution in [3.8, 4) is 0 Å². The summed E-state index contributed by atoms with van der Waals surface area (Å²) in [5.41, 5.74) is 0.336. The van der Waals surface area contributed by atoms with Gasteiger partial charge in [0.2, 0.25) is 5.91 Å². The molecule has 1 saturated heterocycles. The maximum atomic E-state index is 12.5. The van der Waals surface area contributed by atoms with E-state index < -0.39 is 0 Å². The molecule has 6 nitrogen and oxygen atoms in total. The molecule has 1 amide bonds. The quantitative estimate of drug-likeness (QED) is 0.840. The van der Waals surface area contributed by atoms with Crippen LogP contribution in [-0.2, 0) is 11.3 Å². The van der Waals surface area contributed by atoms with E-state index in [0.29, 0.717) is 23.2 Å². The zero-order valence-electron chi connectivity index (χ0n) is 13.3. The monoisotopic (exact) mass is 302 g/mol. The zero-order chi connectivity index (χ0) is 15.9. The number of aryl methyl sites for hydroxylation is 1. The summed E-state index contributed by atoms with van der Waals surface area (Å²) in [5, 5.41) is 4.27. The van der Waals surface area contributed by atoms with Gasteiger partial charge in [-0.1, -0.05) is 13.8 Å². The van der Waals surface area contributed by atoms with E-state index in [1.807, 2.05) is 17.9 Å². The molecule has 118 valence electrons. The number of fused-ring (bicyclic) bond motifs is 1. The first kappa shape index (κ1) is 14.8. The van der Waals surface area contributed by atoms with Gasteiger partial charge in [-0.3, -0.25) is 14.0 Å². The van der Waals surface area contributed by atoms with Gasteiger partial charge < -0.3 is 4.90 Å². The zero-order valence-corrected chi connectivity index (χ0v) is 13.3. The van der Waals surface area contributed by atoms with Gasteiger partial charge in [0.15, 0.2) is 0 Å². The van der Waals surface area contributed by atoms with Crippen LogP contribution in [0.2, 0.25) is 0 Å². The molecule has 0 spiro atoms. The molecule has 0 aliphatic carbocycles. The fourth-order valence-corrected chi connectivity index (χ4v) is 3.44. The molecule has 1 fully saturated rings. The van der Waals surface area contributed by atoms with Crippen LogP contribution in [0.1, 0.15) is 26.1 Å². The van der Waals surface area contributed by atoms with Crippen molar-refractivity contribution in [2.24, 2.45) is 11.8 Å². The molecule has 2 atom stereocenters. The molecular weight excluding hydrogens is 280 g/mol. The molecule has 3 heterocycles. The van der Waals surface area contributed by atoms with Gasteiger partial charge in [0.25, 0.3) is 5.56 Å². The largest absolute Gasteiger partial charge is 0.341 e. The Bertz CT molecular complexity index is 751. The molecule has 22 heavy (non-hydrogen) atoms. The molecular formula is C16H22N4O2. The highest BCUT2D eigenvalue weighted by atomic mass is 16.2. The van der Waals surface area contributed by atoms with Crippen molar-refractivity contribution in [1.82, 2.24) is 19.1 Å². The van der Waals surface area contributed by atoms with Crippen molar-refractivity contribution in [1.29, 1.82) is 0 Å². The number of amides is 1. The Morgan fingerprint density at radius 1 is 1.32 bits per heavy atom. The number of hydrogen-bond acceptors (Lipinski definition) is 3. The predicted octanol–water partition coefficient (Wildman–Crippen LogP) is 1.31. The molecule has 1 aliphatic rings. The van der Waals surface area contributed by atoms with Crippen LogP contribution in [0, 0.1) is 18.8 Å². The first-order valence-electron chi connectivity index (χ1n) is 7.78. The Morgan fingerprint density at radius 3 is 2.68 bits per heavy atom. The molecule has 3 rings (SSSR count). The average Bonchev–Trinajstić information content (AvgIpc) is 2.93. The van der Waals surface area contributed by atoms with E-state index in [-0.39, 0.29) is 18.0 Å². The van der Waals surface area contributed by atoms with Crippen molar-refractivity contribution in [3.63, 3.8) is 0 Å². The molecule has 0 aromatic carbocycles. The van der Waals surface area contributed by atoms with Crippen LogP contribution < -0.4 is 5.56 Å². The van der Waals surface area contributed by atoms with Gasteiger partial charge in [0.1, 0.15) is 17.9 Å². The highest BCUT2D eigenvalue weighted by molar-refractivity contribution is 5.76. The SMILES string of the molecule is Cc1nn(CC(=O)N2C[C@@H](C)C[C@H](C)C2)c(=O)c2cccn12. The number of carbonyl (C=O) groups excluding carboxylic acids is 1. The van der Waals surface area contributed by atoms with Gasteiger partial charge in [0, 0.05) is 19.3 Å². The topological polar surface area (TPSA) is 59.6 Å². The van der Waals surface area contributed by atoms with Gasteiger partial charge in [-0.25, -0.2) is 4.68 Å². The number of nitrogens with zero attached hydrogens (tertiary/aromatic N) is 4. The van der Waals surface area contributed by atoms with Gasteiger partial charge in [-0.05, 0) is 37.3 Å². The van der Waals surface area contributed by atoms with Crippen LogP contribution in [0.4, 0.5) is 0 Å². The third-order valence-electron chi connectivity index (χ3n) is 4.32. The van der Waals surface area contributed by atoms with E-state index >= 15 is 0 Å². The van der Waals surface area contributed by atoms with Gasteiger partial charge in [-0.15, -0.1) is 0 Å². The van der Waals surface area contributed by atoms with Gasteiger partial charge >= 0.3 is 0 Å². The van der Waals surface area contributed by atoms with Gasteiger partial charge in [-0.2, -0.15) is 5.10 Å². The van der Waals surface area contributed by atoms with Crippen LogP contribution in [0.5, 0.6) is 0 Å². The highest BCUT2D eigenvalue weighted by Crippen LogP contribution is 2.21. The van der Waals surface area contributed by atoms with E-state index in [2.05, 4.69) is 18.9 Å². The maximum absolute atomic E-state index is 12.5. The fourth-order valence-electron chi connectivity index (χ4n) is 3.44. The van der Waals surface area contributed by atoms with Crippen molar-refractivity contribution < 1.29 is 4.79 Å². The minimum absolute atomic E-state index is 0.0147. The Balaban J connectivity index is 1.85. The van der Waals surface area contributed by atoms with Crippen molar-refractivity contribution in [3.05, 3.63) is 34.5 Å². The van der Waals surface area contributed by atoms with E-state index in [9.17, 15) is 9.59 Å².